The topological polar surface area (TPSA) is 321 Å². The van der Waals surface area contributed by atoms with E-state index in [4.69, 9.17) is 30.0 Å². The van der Waals surface area contributed by atoms with Crippen LogP contribution in [0.3, 0.4) is 0 Å². The summed E-state index contributed by atoms with van der Waals surface area (Å²) in [7, 11) is 6.52. The first-order valence-corrected chi connectivity index (χ1v) is 27.7. The molecule has 0 radical (unpaired) electrons. The highest BCUT2D eigenvalue weighted by atomic mass is 16.5. The van der Waals surface area contributed by atoms with Crippen LogP contribution in [0, 0.1) is 32.6 Å². The molecule has 0 aliphatic heterocycles. The molecule has 4 heterocycles. The summed E-state index contributed by atoms with van der Waals surface area (Å²) in [6.07, 6.45) is 6.36. The monoisotopic (exact) mass is 1150 g/mol. The third kappa shape index (κ3) is 20.2. The Kier molecular flexibility index (Phi) is 30.2. The summed E-state index contributed by atoms with van der Waals surface area (Å²) in [5.74, 6) is -0.423. The van der Waals surface area contributed by atoms with Crippen molar-refractivity contribution in [3.05, 3.63) is 82.5 Å². The van der Waals surface area contributed by atoms with Crippen LogP contribution in [0.5, 0.6) is 11.5 Å². The van der Waals surface area contributed by atoms with Gasteiger partial charge in [-0.3, -0.25) is 48.2 Å². The Morgan fingerprint density at radius 2 is 1.33 bits per heavy atom. The molecule has 83 heavy (non-hydrogen) atoms. The molecule has 1 unspecified atom stereocenters. The van der Waals surface area contributed by atoms with Crippen molar-refractivity contribution < 1.29 is 47.8 Å². The third-order valence-corrected chi connectivity index (χ3v) is 12.5. The second-order valence-electron chi connectivity index (χ2n) is 18.7. The lowest BCUT2D eigenvalue weighted by atomic mass is 9.93. The van der Waals surface area contributed by atoms with E-state index in [1.165, 1.54) is 16.9 Å². The number of nitrogens with one attached hydrogen (secondary N) is 3. The first-order valence-electron chi connectivity index (χ1n) is 27.7. The SMILES string of the molecule is CC.CC.CCn1nc(C)cc1C(=O)Nc1nc2cc(C(N)=O)cc(OC)c2n1C/C=C/Cn1c(NC)nc2cc(C)cc(OCCCN(C)C(=O)CNC(=O)CCN(C)C(=O)CC(C=O)C(C)C)c21.CCn1nc(C)cc1C=O.NC=O. The number of aryl methyl sites for hydroxylation is 5. The number of primary amides is 2. The molecule has 0 saturated carbocycles. The van der Waals surface area contributed by atoms with Crippen LogP contribution < -0.4 is 36.9 Å². The fourth-order valence-electron chi connectivity index (χ4n) is 8.25. The maximum Gasteiger partial charge on any atom is 0.276 e. The van der Waals surface area contributed by atoms with Crippen LogP contribution in [0.4, 0.5) is 11.9 Å². The van der Waals surface area contributed by atoms with Crippen molar-refractivity contribution >= 4 is 82.5 Å². The first kappa shape index (κ1) is 70.2. The molecule has 2 aromatic carbocycles. The van der Waals surface area contributed by atoms with Gasteiger partial charge in [0.1, 0.15) is 40.2 Å². The number of ether oxygens (including phenoxy) is 2. The average molecular weight is 1150 g/mol. The Labute approximate surface area is 486 Å². The number of nitrogens with zero attached hydrogens (tertiary/aromatic N) is 10. The van der Waals surface area contributed by atoms with E-state index >= 15 is 0 Å². The van der Waals surface area contributed by atoms with Gasteiger partial charge in [-0.2, -0.15) is 10.2 Å². The molecule has 0 bridgehead atoms. The predicted molar refractivity (Wildman–Crippen MR) is 322 cm³/mol. The van der Waals surface area contributed by atoms with Crippen LogP contribution in [0.15, 0.2) is 48.6 Å². The van der Waals surface area contributed by atoms with Crippen molar-refractivity contribution in [1.29, 1.82) is 0 Å². The van der Waals surface area contributed by atoms with Gasteiger partial charge in [0.2, 0.25) is 41.9 Å². The first-order chi connectivity index (χ1) is 39.7. The molecule has 6 amide bonds. The van der Waals surface area contributed by atoms with Crippen LogP contribution in [-0.4, -0.2) is 151 Å². The highest BCUT2D eigenvalue weighted by Gasteiger charge is 2.23. The van der Waals surface area contributed by atoms with Gasteiger partial charge in [-0.1, -0.05) is 53.7 Å². The molecule has 6 aromatic rings. The second-order valence-corrected chi connectivity index (χ2v) is 18.7. The molecule has 4 aromatic heterocycles. The minimum absolute atomic E-state index is 0.0261. The van der Waals surface area contributed by atoms with Gasteiger partial charge in [-0.25, -0.2) is 9.97 Å². The minimum atomic E-state index is -0.647. The molecule has 6 rings (SSSR count). The van der Waals surface area contributed by atoms with Gasteiger partial charge >= 0.3 is 0 Å². The summed E-state index contributed by atoms with van der Waals surface area (Å²) >= 11 is 0. The normalized spacial score (nSPS) is 10.9. The van der Waals surface area contributed by atoms with Crippen molar-refractivity contribution in [2.75, 3.05) is 65.1 Å². The zero-order valence-electron chi connectivity index (χ0n) is 51.0. The van der Waals surface area contributed by atoms with E-state index < -0.39 is 11.8 Å². The third-order valence-electron chi connectivity index (χ3n) is 12.5. The van der Waals surface area contributed by atoms with E-state index in [0.29, 0.717) is 78.2 Å². The Hall–Kier alpha value is -8.90. The highest BCUT2D eigenvalue weighted by molar-refractivity contribution is 6.04. The number of rotatable bonds is 26. The second kappa shape index (κ2) is 35.7. The number of carbonyl (C=O) groups is 8. The summed E-state index contributed by atoms with van der Waals surface area (Å²) in [5, 5.41) is 17.2. The van der Waals surface area contributed by atoms with Crippen molar-refractivity contribution in [1.82, 2.24) is 53.8 Å². The summed E-state index contributed by atoms with van der Waals surface area (Å²) < 4.78 is 19.1. The Balaban J connectivity index is 0.00000121. The standard InChI is InChI=1S/C46H62N12O8.C7H10N2O.2C2H6.CH3NO/c1-10-58-35(22-30(5)53-58)44(64)52-46-51-34-23-31(43(47)63)24-36(65-9)41(34)57(46)17-12-11-16-56-42-33(50-45(56)48-6)20-29(4)21-37(42)66-19-13-15-54(7)40(62)26-49-38(60)14-18-55(8)39(61)25-32(27-59)28(2)3;1-3-9-7(5-10)4-6(2)8-9;2*1-2;2-1-3/h11-12,20-24,27-28,32H,10,13-19,25-26H2,1-9H3,(H2,47,63)(H,48,50)(H,49,60)(H,51,52,64);4-5H,3H2,1-2H3;2*1-2H3;1H,(H2,2,3)/b12-11+;;;;. The quantitative estimate of drug-likeness (QED) is 0.0232. The summed E-state index contributed by atoms with van der Waals surface area (Å²) in [4.78, 5) is 106. The van der Waals surface area contributed by atoms with Gasteiger partial charge in [0, 0.05) is 84.7 Å². The fraction of sp³-hybridized carbons (Fsp3) is 0.483. The van der Waals surface area contributed by atoms with Gasteiger partial charge in [0.25, 0.3) is 5.91 Å². The number of carbonyl (C=O) groups excluding carboxylic acids is 8. The van der Waals surface area contributed by atoms with E-state index in [9.17, 15) is 33.6 Å². The van der Waals surface area contributed by atoms with Crippen LogP contribution in [0.25, 0.3) is 22.1 Å². The minimum Gasteiger partial charge on any atom is -0.494 e. The fourth-order valence-corrected chi connectivity index (χ4v) is 8.25. The van der Waals surface area contributed by atoms with E-state index in [2.05, 4.69) is 31.9 Å². The average Bonchev–Trinajstić information content (AvgIpc) is 3.49. The number of fused-ring (bicyclic) bond motifs is 2. The molecule has 0 saturated heterocycles. The number of imidazole rings is 2. The van der Waals surface area contributed by atoms with Crippen molar-refractivity contribution in [3.63, 3.8) is 0 Å². The number of amides is 6. The van der Waals surface area contributed by atoms with Crippen LogP contribution in [-0.2, 0) is 50.2 Å². The van der Waals surface area contributed by atoms with Gasteiger partial charge < -0.3 is 55.3 Å². The number of allylic oxidation sites excluding steroid dienone is 2. The zero-order valence-corrected chi connectivity index (χ0v) is 51.0. The lowest BCUT2D eigenvalue weighted by Crippen LogP contribution is -2.40. The molecular weight excluding hydrogens is 1070 g/mol. The largest absolute Gasteiger partial charge is 0.494 e. The van der Waals surface area contributed by atoms with Crippen LogP contribution >= 0.6 is 0 Å². The van der Waals surface area contributed by atoms with Crippen LogP contribution in [0.2, 0.25) is 0 Å². The lowest BCUT2D eigenvalue weighted by molar-refractivity contribution is -0.134. The van der Waals surface area contributed by atoms with E-state index in [1.54, 1.807) is 59.3 Å². The number of hydrogen-bond donors (Lipinski definition) is 5. The van der Waals surface area contributed by atoms with E-state index in [0.717, 1.165) is 41.4 Å². The number of anilines is 2. The van der Waals surface area contributed by atoms with Crippen molar-refractivity contribution in [2.45, 2.75) is 122 Å². The van der Waals surface area contributed by atoms with E-state index in [-0.39, 0.29) is 80.0 Å². The molecule has 7 N–H and O–H groups in total. The van der Waals surface area contributed by atoms with E-state index in [1.807, 2.05) is 105 Å². The molecule has 0 aliphatic carbocycles. The van der Waals surface area contributed by atoms with Crippen molar-refractivity contribution in [3.8, 4) is 11.5 Å². The highest BCUT2D eigenvalue weighted by Crippen LogP contribution is 2.33. The number of methoxy groups -OCH3 is 1. The number of hydrogen-bond acceptors (Lipinski definition) is 15. The van der Waals surface area contributed by atoms with Gasteiger partial charge in [-0.05, 0) is 88.9 Å². The molecule has 25 heteroatoms. The predicted octanol–water partition coefficient (Wildman–Crippen LogP) is 6.11. The van der Waals surface area contributed by atoms with Crippen molar-refractivity contribution in [2.24, 2.45) is 23.3 Å². The molecule has 0 fully saturated rings. The zero-order chi connectivity index (χ0) is 62.5. The van der Waals surface area contributed by atoms with Gasteiger partial charge in [-0.15, -0.1) is 0 Å². The number of aromatic nitrogens is 8. The maximum absolute atomic E-state index is 13.6. The molecule has 454 valence electrons. The van der Waals surface area contributed by atoms with Gasteiger partial charge in [0.15, 0.2) is 6.29 Å². The Morgan fingerprint density at radius 3 is 1.88 bits per heavy atom. The molecule has 25 nitrogen and oxygen atoms in total. The molecule has 0 spiro atoms. The van der Waals surface area contributed by atoms with Crippen LogP contribution in [0.1, 0.15) is 123 Å². The molecular formula is C58H87N15O10. The smallest absolute Gasteiger partial charge is 0.276 e. The lowest BCUT2D eigenvalue weighted by Gasteiger charge is -2.21. The summed E-state index contributed by atoms with van der Waals surface area (Å²) in [5.41, 5.74) is 16.0. The Bertz CT molecular complexity index is 3130. The van der Waals surface area contributed by atoms with Gasteiger partial charge in [0.05, 0.1) is 42.7 Å². The molecule has 1 atom stereocenters. The number of benzene rings is 2. The number of nitrogens with two attached hydrogens (primary N) is 2. The maximum atomic E-state index is 13.6. The summed E-state index contributed by atoms with van der Waals surface area (Å²) in [6.45, 7) is 23.8. The molecule has 0 aliphatic rings. The Morgan fingerprint density at radius 1 is 0.759 bits per heavy atom. The summed E-state index contributed by atoms with van der Waals surface area (Å²) in [6, 6.07) is 10.5. The number of aldehydes is 2. The number of likely N-dealkylation sites (N-methyl/N-ethyl adjacent to an activating group) is 1.